The monoisotopic (exact) mass is 446 g/mol. The topological polar surface area (TPSA) is 58.4 Å². The second kappa shape index (κ2) is 10.3. The minimum absolute atomic E-state index is 0.0541. The summed E-state index contributed by atoms with van der Waals surface area (Å²) in [5.74, 6) is 0.969. The smallest absolute Gasteiger partial charge is 0.261 e. The fourth-order valence-corrected chi connectivity index (χ4v) is 4.52. The average Bonchev–Trinajstić information content (AvgIpc) is 2.78. The first-order valence-corrected chi connectivity index (χ1v) is 12.0. The molecular formula is C27H34N4O2. The van der Waals surface area contributed by atoms with Crippen LogP contribution < -0.4 is 5.56 Å². The van der Waals surface area contributed by atoms with E-state index >= 15 is 0 Å². The Balaban J connectivity index is 1.83. The molecule has 0 radical (unpaired) electrons. The average molecular weight is 447 g/mol. The maximum Gasteiger partial charge on any atom is 0.261 e. The van der Waals surface area contributed by atoms with Crippen LogP contribution in [0.5, 0.6) is 0 Å². The largest absolute Gasteiger partial charge is 0.331 e. The van der Waals surface area contributed by atoms with Crippen molar-refractivity contribution >= 4 is 16.8 Å². The van der Waals surface area contributed by atoms with E-state index in [1.807, 2.05) is 73.6 Å². The molecule has 0 spiro atoms. The van der Waals surface area contributed by atoms with Crippen molar-refractivity contribution in [3.8, 4) is 0 Å². The van der Waals surface area contributed by atoms with Crippen LogP contribution in [0.3, 0.4) is 0 Å². The first-order chi connectivity index (χ1) is 16.0. The van der Waals surface area contributed by atoms with Crippen LogP contribution in [0.25, 0.3) is 10.9 Å². The predicted molar refractivity (Wildman–Crippen MR) is 132 cm³/mol. The molecule has 3 aromatic rings. The Bertz CT molecular complexity index is 1150. The number of hydrogen-bond donors (Lipinski definition) is 0. The van der Waals surface area contributed by atoms with Gasteiger partial charge in [0.1, 0.15) is 5.82 Å². The Morgan fingerprint density at radius 3 is 2.39 bits per heavy atom. The van der Waals surface area contributed by atoms with Crippen molar-refractivity contribution in [2.45, 2.75) is 45.2 Å². The van der Waals surface area contributed by atoms with Gasteiger partial charge in [0, 0.05) is 19.0 Å². The van der Waals surface area contributed by atoms with Crippen LogP contribution in [0.1, 0.15) is 50.0 Å². The molecule has 0 bridgehead atoms. The lowest BCUT2D eigenvalue weighted by Gasteiger charge is -2.37. The molecule has 1 aliphatic rings. The number of likely N-dealkylation sites (N-methyl/N-ethyl adjacent to an activating group) is 1. The highest BCUT2D eigenvalue weighted by Gasteiger charge is 2.35. The summed E-state index contributed by atoms with van der Waals surface area (Å²) in [4.78, 5) is 36.2. The Morgan fingerprint density at radius 1 is 1.06 bits per heavy atom. The first-order valence-electron chi connectivity index (χ1n) is 12.0. The molecule has 1 atom stereocenters. The van der Waals surface area contributed by atoms with E-state index in [0.717, 1.165) is 31.4 Å². The molecule has 6 nitrogen and oxygen atoms in total. The van der Waals surface area contributed by atoms with Crippen LogP contribution >= 0.6 is 0 Å². The van der Waals surface area contributed by atoms with E-state index in [4.69, 9.17) is 4.98 Å². The number of hydrogen-bond acceptors (Lipinski definition) is 4. The Morgan fingerprint density at radius 2 is 1.76 bits per heavy atom. The molecule has 1 aromatic heterocycles. The van der Waals surface area contributed by atoms with E-state index in [2.05, 4.69) is 11.8 Å². The van der Waals surface area contributed by atoms with E-state index in [-0.39, 0.29) is 23.4 Å². The van der Waals surface area contributed by atoms with Crippen LogP contribution in [-0.2, 0) is 11.3 Å². The predicted octanol–water partition coefficient (Wildman–Crippen LogP) is 4.09. The number of para-hydroxylation sites is 1. The molecule has 2 aromatic carbocycles. The van der Waals surface area contributed by atoms with Gasteiger partial charge in [-0.3, -0.25) is 14.2 Å². The number of carbonyl (C=O) groups is 1. The Labute approximate surface area is 195 Å². The number of nitrogens with zero attached hydrogens (tertiary/aromatic N) is 4. The van der Waals surface area contributed by atoms with Crippen molar-refractivity contribution in [3.05, 3.63) is 76.3 Å². The molecule has 0 saturated heterocycles. The summed E-state index contributed by atoms with van der Waals surface area (Å²) in [5, 5.41) is 0.609. The van der Waals surface area contributed by atoms with E-state index in [9.17, 15) is 9.59 Å². The van der Waals surface area contributed by atoms with Crippen LogP contribution in [0.15, 0.2) is 59.4 Å². The van der Waals surface area contributed by atoms with Gasteiger partial charge < -0.3 is 9.80 Å². The fraction of sp³-hybridized carbons (Fsp3) is 0.444. The lowest BCUT2D eigenvalue weighted by Crippen LogP contribution is -2.45. The van der Waals surface area contributed by atoms with Gasteiger partial charge in [-0.15, -0.1) is 0 Å². The normalized spacial score (nSPS) is 14.9. The van der Waals surface area contributed by atoms with Gasteiger partial charge in [-0.05, 0) is 51.1 Å². The van der Waals surface area contributed by atoms with E-state index < -0.39 is 0 Å². The molecule has 33 heavy (non-hydrogen) atoms. The van der Waals surface area contributed by atoms with Crippen molar-refractivity contribution in [3.63, 3.8) is 0 Å². The zero-order valence-electron chi connectivity index (χ0n) is 19.9. The maximum absolute atomic E-state index is 13.6. The third-order valence-corrected chi connectivity index (χ3v) is 6.66. The first kappa shape index (κ1) is 23.2. The summed E-state index contributed by atoms with van der Waals surface area (Å²) < 4.78 is 1.78. The number of aromatic nitrogens is 2. The van der Waals surface area contributed by atoms with Crippen molar-refractivity contribution < 1.29 is 4.79 Å². The van der Waals surface area contributed by atoms with Gasteiger partial charge in [0.2, 0.25) is 5.91 Å². The lowest BCUT2D eigenvalue weighted by molar-refractivity contribution is -0.141. The molecule has 6 heteroatoms. The zero-order valence-corrected chi connectivity index (χ0v) is 19.9. The zero-order chi connectivity index (χ0) is 23.4. The molecule has 1 aliphatic carbocycles. The maximum atomic E-state index is 13.6. The minimum Gasteiger partial charge on any atom is -0.331 e. The van der Waals surface area contributed by atoms with Crippen LogP contribution in [0, 0.1) is 5.92 Å². The van der Waals surface area contributed by atoms with Crippen molar-refractivity contribution in [2.75, 3.05) is 27.2 Å². The molecule has 1 fully saturated rings. The highest BCUT2D eigenvalue weighted by molar-refractivity contribution is 5.80. The van der Waals surface area contributed by atoms with Crippen LogP contribution in [0.2, 0.25) is 0 Å². The second-order valence-electron chi connectivity index (χ2n) is 9.25. The van der Waals surface area contributed by atoms with Crippen molar-refractivity contribution in [2.24, 2.45) is 5.92 Å². The standard InChI is InChI=1S/C27H34N4O2/c1-4-24(30(18-17-29(2)3)26(32)21-13-10-14-21)25-28-23-16-9-8-15-22(23)27(33)31(25)19-20-11-6-5-7-12-20/h5-9,11-12,15-16,21,24H,4,10,13-14,17-19H2,1-3H3. The second-order valence-corrected chi connectivity index (χ2v) is 9.25. The highest BCUT2D eigenvalue weighted by Crippen LogP contribution is 2.33. The third kappa shape index (κ3) is 5.01. The summed E-state index contributed by atoms with van der Waals surface area (Å²) in [5.41, 5.74) is 1.67. The van der Waals surface area contributed by atoms with E-state index in [0.29, 0.717) is 36.2 Å². The summed E-state index contributed by atoms with van der Waals surface area (Å²) >= 11 is 0. The number of fused-ring (bicyclic) bond motifs is 1. The Hall–Kier alpha value is -2.99. The van der Waals surface area contributed by atoms with Gasteiger partial charge in [-0.25, -0.2) is 4.98 Å². The third-order valence-electron chi connectivity index (χ3n) is 6.66. The van der Waals surface area contributed by atoms with Gasteiger partial charge in [0.05, 0.1) is 23.5 Å². The molecule has 1 amide bonds. The molecule has 0 aliphatic heterocycles. The molecular weight excluding hydrogens is 412 g/mol. The van der Waals surface area contributed by atoms with Crippen molar-refractivity contribution in [1.29, 1.82) is 0 Å². The Kier molecular flexibility index (Phi) is 7.23. The van der Waals surface area contributed by atoms with Crippen LogP contribution in [-0.4, -0.2) is 52.4 Å². The highest BCUT2D eigenvalue weighted by atomic mass is 16.2. The number of rotatable bonds is 9. The van der Waals surface area contributed by atoms with E-state index in [1.165, 1.54) is 0 Å². The molecule has 174 valence electrons. The number of carbonyl (C=O) groups excluding carboxylic acids is 1. The van der Waals surface area contributed by atoms with Crippen LogP contribution in [0.4, 0.5) is 0 Å². The molecule has 0 N–H and O–H groups in total. The molecule has 4 rings (SSSR count). The fourth-order valence-electron chi connectivity index (χ4n) is 4.52. The lowest BCUT2D eigenvalue weighted by atomic mass is 9.84. The number of amides is 1. The number of benzene rings is 2. The summed E-state index contributed by atoms with van der Waals surface area (Å²) in [7, 11) is 4.04. The molecule has 1 unspecified atom stereocenters. The molecule has 1 saturated carbocycles. The van der Waals surface area contributed by atoms with E-state index in [1.54, 1.807) is 4.57 Å². The van der Waals surface area contributed by atoms with Gasteiger partial charge in [-0.1, -0.05) is 55.8 Å². The summed E-state index contributed by atoms with van der Waals surface area (Å²) in [6.07, 6.45) is 3.72. The molecule has 1 heterocycles. The summed E-state index contributed by atoms with van der Waals surface area (Å²) in [6, 6.07) is 17.2. The van der Waals surface area contributed by atoms with Gasteiger partial charge in [0.25, 0.3) is 5.56 Å². The van der Waals surface area contributed by atoms with Gasteiger partial charge in [-0.2, -0.15) is 0 Å². The SMILES string of the molecule is CCC(c1nc2ccccc2c(=O)n1Cc1ccccc1)N(CCN(C)C)C(=O)C1CCC1. The van der Waals surface area contributed by atoms with Gasteiger partial charge in [0.15, 0.2) is 0 Å². The summed E-state index contributed by atoms with van der Waals surface area (Å²) in [6.45, 7) is 3.90. The quantitative estimate of drug-likeness (QED) is 0.497. The van der Waals surface area contributed by atoms with Crippen molar-refractivity contribution in [1.82, 2.24) is 19.4 Å². The van der Waals surface area contributed by atoms with Gasteiger partial charge >= 0.3 is 0 Å². The minimum atomic E-state index is -0.251.